The van der Waals surface area contributed by atoms with Crippen molar-refractivity contribution < 1.29 is 18.8 Å². The third kappa shape index (κ3) is 7.97. The summed E-state index contributed by atoms with van der Waals surface area (Å²) in [5.41, 5.74) is 4.66. The van der Waals surface area contributed by atoms with Gasteiger partial charge in [0.05, 0.1) is 0 Å². The van der Waals surface area contributed by atoms with Gasteiger partial charge in [-0.1, -0.05) is 42.5 Å². The molecule has 0 spiro atoms. The van der Waals surface area contributed by atoms with Crippen LogP contribution in [0, 0.1) is 12.7 Å². The van der Waals surface area contributed by atoms with Crippen LogP contribution >= 0.6 is 0 Å². The fourth-order valence-corrected chi connectivity index (χ4v) is 5.00. The highest BCUT2D eigenvalue weighted by atomic mass is 19.1. The summed E-state index contributed by atoms with van der Waals surface area (Å²) in [4.78, 5) is 44.4. The molecule has 1 aliphatic rings. The quantitative estimate of drug-likeness (QED) is 0.278. The van der Waals surface area contributed by atoms with Gasteiger partial charge in [-0.3, -0.25) is 9.59 Å². The van der Waals surface area contributed by atoms with Crippen molar-refractivity contribution in [1.82, 2.24) is 9.80 Å². The predicted octanol–water partition coefficient (Wildman–Crippen LogP) is 5.77. The number of hydrogen-bond acceptors (Lipinski definition) is 4. The number of anilines is 3. The molecule has 5 rings (SSSR count). The number of rotatable bonds is 8. The molecule has 2 N–H and O–H groups in total. The Morgan fingerprint density at radius 2 is 1.47 bits per heavy atom. The summed E-state index contributed by atoms with van der Waals surface area (Å²) >= 11 is 0. The molecule has 0 aliphatic carbocycles. The molecule has 0 saturated carbocycles. The Morgan fingerprint density at radius 1 is 0.767 bits per heavy atom. The largest absolute Gasteiger partial charge is 0.368 e. The summed E-state index contributed by atoms with van der Waals surface area (Å²) < 4.78 is 13.4. The van der Waals surface area contributed by atoms with E-state index >= 15 is 0 Å². The summed E-state index contributed by atoms with van der Waals surface area (Å²) in [6.45, 7) is 4.54. The van der Waals surface area contributed by atoms with Crippen LogP contribution in [0.5, 0.6) is 0 Å². The van der Waals surface area contributed by atoms with Crippen LogP contribution in [0.4, 0.5) is 26.2 Å². The van der Waals surface area contributed by atoms with Gasteiger partial charge in [0.1, 0.15) is 12.4 Å². The second kappa shape index (κ2) is 13.7. The number of urea groups is 1. The number of nitrogens with zero attached hydrogens (tertiary/aromatic N) is 3. The molecule has 220 valence electrons. The van der Waals surface area contributed by atoms with E-state index in [9.17, 15) is 18.8 Å². The molecule has 1 fully saturated rings. The third-order valence-electron chi connectivity index (χ3n) is 7.28. The summed E-state index contributed by atoms with van der Waals surface area (Å²) in [6, 6.07) is 29.8. The lowest BCUT2D eigenvalue weighted by molar-refractivity contribution is -0.117. The zero-order valence-electron chi connectivity index (χ0n) is 24.0. The first kappa shape index (κ1) is 29.3. The minimum Gasteiger partial charge on any atom is -0.368 e. The van der Waals surface area contributed by atoms with Gasteiger partial charge < -0.3 is 25.3 Å². The predicted molar refractivity (Wildman–Crippen MR) is 167 cm³/mol. The fraction of sp³-hybridized carbons (Fsp3) is 0.206. The zero-order valence-corrected chi connectivity index (χ0v) is 24.0. The van der Waals surface area contributed by atoms with E-state index in [2.05, 4.69) is 15.5 Å². The zero-order chi connectivity index (χ0) is 30.2. The summed E-state index contributed by atoms with van der Waals surface area (Å²) in [6.07, 6.45) is 0. The Kier molecular flexibility index (Phi) is 9.31. The Balaban J connectivity index is 1.15. The van der Waals surface area contributed by atoms with E-state index in [1.165, 1.54) is 17.0 Å². The summed E-state index contributed by atoms with van der Waals surface area (Å²) in [5, 5.41) is 5.85. The monoisotopic (exact) mass is 579 g/mol. The van der Waals surface area contributed by atoms with Gasteiger partial charge in [-0.2, -0.15) is 0 Å². The first-order valence-corrected chi connectivity index (χ1v) is 14.2. The topological polar surface area (TPSA) is 85.0 Å². The number of nitrogens with one attached hydrogen (secondary N) is 2. The van der Waals surface area contributed by atoms with E-state index in [4.69, 9.17) is 0 Å². The van der Waals surface area contributed by atoms with Gasteiger partial charge in [-0.15, -0.1) is 0 Å². The maximum atomic E-state index is 13.4. The van der Waals surface area contributed by atoms with Crippen molar-refractivity contribution in [2.75, 3.05) is 48.3 Å². The van der Waals surface area contributed by atoms with E-state index in [0.29, 0.717) is 37.4 Å². The van der Waals surface area contributed by atoms with Crippen LogP contribution in [-0.4, -0.2) is 60.4 Å². The summed E-state index contributed by atoms with van der Waals surface area (Å²) in [5.74, 6) is -0.995. The Labute approximate surface area is 250 Å². The second-order valence-electron chi connectivity index (χ2n) is 10.5. The number of piperazine rings is 1. The number of carbonyl (C=O) groups excluding carboxylic acids is 3. The van der Waals surface area contributed by atoms with Gasteiger partial charge in [-0.25, -0.2) is 9.18 Å². The lowest BCUT2D eigenvalue weighted by atomic mass is 10.1. The van der Waals surface area contributed by atoms with Gasteiger partial charge in [-0.05, 0) is 78.7 Å². The number of carbonyl (C=O) groups is 3. The van der Waals surface area contributed by atoms with Gasteiger partial charge in [0.2, 0.25) is 5.91 Å². The third-order valence-corrected chi connectivity index (χ3v) is 7.28. The van der Waals surface area contributed by atoms with Crippen molar-refractivity contribution in [3.63, 3.8) is 0 Å². The van der Waals surface area contributed by atoms with Crippen molar-refractivity contribution in [3.8, 4) is 0 Å². The Hall–Kier alpha value is -5.18. The molecule has 1 saturated heterocycles. The van der Waals surface area contributed by atoms with Crippen molar-refractivity contribution in [2.45, 2.75) is 13.5 Å². The highest BCUT2D eigenvalue weighted by Crippen LogP contribution is 2.21. The Bertz CT molecular complexity index is 1550. The summed E-state index contributed by atoms with van der Waals surface area (Å²) in [7, 11) is 0. The molecule has 0 unspecified atom stereocenters. The van der Waals surface area contributed by atoms with E-state index in [1.807, 2.05) is 66.4 Å². The minimum atomic E-state index is -0.364. The molecule has 0 atom stereocenters. The molecular weight excluding hydrogens is 545 g/mol. The fourth-order valence-electron chi connectivity index (χ4n) is 5.00. The van der Waals surface area contributed by atoms with Gasteiger partial charge in [0.25, 0.3) is 5.91 Å². The standard InChI is InChI=1S/C34H34FN5O3/c1-25-6-5-9-30(22-25)37-34(43)39-20-18-38(19-21-39)31-16-14-29(15-17-31)36-32(41)24-40(23-26-10-12-28(35)13-11-26)33(42)27-7-3-2-4-8-27/h2-17,22H,18-21,23-24H2,1H3,(H,36,41)(H,37,43). The van der Waals surface area contributed by atoms with Crippen LogP contribution in [-0.2, 0) is 11.3 Å². The van der Waals surface area contributed by atoms with Gasteiger partial charge in [0.15, 0.2) is 0 Å². The van der Waals surface area contributed by atoms with E-state index in [1.54, 1.807) is 36.4 Å². The highest BCUT2D eigenvalue weighted by Gasteiger charge is 2.22. The molecule has 43 heavy (non-hydrogen) atoms. The van der Waals surface area contributed by atoms with Crippen LogP contribution in [0.15, 0.2) is 103 Å². The molecule has 4 amide bonds. The average Bonchev–Trinajstić information content (AvgIpc) is 3.02. The van der Waals surface area contributed by atoms with Crippen molar-refractivity contribution in [2.24, 2.45) is 0 Å². The minimum absolute atomic E-state index is 0.109. The molecule has 1 aliphatic heterocycles. The van der Waals surface area contributed by atoms with Gasteiger partial charge >= 0.3 is 6.03 Å². The molecule has 1 heterocycles. The molecule has 8 nitrogen and oxygen atoms in total. The van der Waals surface area contributed by atoms with E-state index in [-0.39, 0.29) is 36.8 Å². The maximum absolute atomic E-state index is 13.4. The second-order valence-corrected chi connectivity index (χ2v) is 10.5. The van der Waals surface area contributed by atoms with Crippen molar-refractivity contribution in [1.29, 1.82) is 0 Å². The molecule has 0 aromatic heterocycles. The normalized spacial score (nSPS) is 12.9. The van der Waals surface area contributed by atoms with Crippen LogP contribution < -0.4 is 15.5 Å². The van der Waals surface area contributed by atoms with Crippen LogP contribution in [0.3, 0.4) is 0 Å². The number of halogens is 1. The average molecular weight is 580 g/mol. The van der Waals surface area contributed by atoms with Crippen molar-refractivity contribution >= 4 is 34.9 Å². The molecule has 4 aromatic carbocycles. The lowest BCUT2D eigenvalue weighted by Gasteiger charge is -2.36. The first-order chi connectivity index (χ1) is 20.8. The molecule has 0 radical (unpaired) electrons. The number of aryl methyl sites for hydroxylation is 1. The van der Waals surface area contributed by atoms with E-state index < -0.39 is 0 Å². The molecule has 9 heteroatoms. The molecule has 4 aromatic rings. The number of benzene rings is 4. The van der Waals surface area contributed by atoms with Crippen LogP contribution in [0.25, 0.3) is 0 Å². The smallest absolute Gasteiger partial charge is 0.321 e. The molecule has 0 bridgehead atoms. The lowest BCUT2D eigenvalue weighted by Crippen LogP contribution is -2.50. The van der Waals surface area contributed by atoms with E-state index in [0.717, 1.165) is 22.5 Å². The maximum Gasteiger partial charge on any atom is 0.321 e. The van der Waals surface area contributed by atoms with Crippen molar-refractivity contribution in [3.05, 3.63) is 126 Å². The van der Waals surface area contributed by atoms with Crippen LogP contribution in [0.2, 0.25) is 0 Å². The Morgan fingerprint density at radius 3 is 2.14 bits per heavy atom. The SMILES string of the molecule is Cc1cccc(NC(=O)N2CCN(c3ccc(NC(=O)CN(Cc4ccc(F)cc4)C(=O)c4ccccc4)cc3)CC2)c1. The highest BCUT2D eigenvalue weighted by molar-refractivity contribution is 5.99. The van der Waals surface area contributed by atoms with Gasteiger partial charge in [0, 0.05) is 55.3 Å². The van der Waals surface area contributed by atoms with Crippen LogP contribution in [0.1, 0.15) is 21.5 Å². The first-order valence-electron chi connectivity index (χ1n) is 14.2. The number of hydrogen-bond donors (Lipinski definition) is 2. The number of amides is 4. The molecular formula is C34H34FN5O3.